The van der Waals surface area contributed by atoms with Gasteiger partial charge in [-0.25, -0.2) is 0 Å². The number of carbonyl (C=O) groups is 2. The Morgan fingerprint density at radius 2 is 2.00 bits per heavy atom. The van der Waals surface area contributed by atoms with Crippen LogP contribution in [-0.2, 0) is 14.3 Å². The highest BCUT2D eigenvalue weighted by Gasteiger charge is 2.62. The molecular formula is C17H27NO4S. The van der Waals surface area contributed by atoms with Crippen molar-refractivity contribution in [3.63, 3.8) is 0 Å². The summed E-state index contributed by atoms with van der Waals surface area (Å²) in [6.45, 7) is 10.8. The molecule has 2 fully saturated rings. The van der Waals surface area contributed by atoms with Crippen LogP contribution in [0.4, 0.5) is 0 Å². The molecule has 130 valence electrons. The second kappa shape index (κ2) is 7.57. The zero-order valence-electron chi connectivity index (χ0n) is 14.6. The second-order valence-electron chi connectivity index (χ2n) is 7.46. The molecule has 0 radical (unpaired) electrons. The molecule has 2 saturated carbocycles. The summed E-state index contributed by atoms with van der Waals surface area (Å²) < 4.78 is 5.71. The van der Waals surface area contributed by atoms with E-state index < -0.39 is 5.97 Å². The molecular weight excluding hydrogens is 314 g/mol. The van der Waals surface area contributed by atoms with E-state index in [0.717, 1.165) is 24.1 Å². The van der Waals surface area contributed by atoms with Crippen LogP contribution in [0.25, 0.3) is 0 Å². The van der Waals surface area contributed by atoms with E-state index in [2.05, 4.69) is 20.8 Å². The first-order valence-corrected chi connectivity index (χ1v) is 8.98. The Balaban J connectivity index is 0.000000322. The third-order valence-corrected chi connectivity index (χ3v) is 6.22. The van der Waals surface area contributed by atoms with E-state index in [4.69, 9.17) is 15.1 Å². The Hall–Kier alpha value is -1.22. The number of hydrogen-bond acceptors (Lipinski definition) is 5. The highest BCUT2D eigenvalue weighted by molar-refractivity contribution is 8.04. The molecule has 0 amide bonds. The van der Waals surface area contributed by atoms with Crippen molar-refractivity contribution in [2.45, 2.75) is 60.0 Å². The lowest BCUT2D eigenvalue weighted by Crippen LogP contribution is -2.39. The van der Waals surface area contributed by atoms with Crippen LogP contribution in [0.3, 0.4) is 0 Å². The zero-order valence-corrected chi connectivity index (χ0v) is 15.4. The van der Waals surface area contributed by atoms with E-state index >= 15 is 0 Å². The number of thiocyanates is 1. The fourth-order valence-corrected chi connectivity index (χ4v) is 3.87. The highest BCUT2D eigenvalue weighted by atomic mass is 32.2. The lowest BCUT2D eigenvalue weighted by Gasteiger charge is -2.38. The molecule has 0 saturated heterocycles. The Kier molecular flexibility index (Phi) is 6.52. The van der Waals surface area contributed by atoms with Gasteiger partial charge in [0.15, 0.2) is 0 Å². The van der Waals surface area contributed by atoms with Crippen molar-refractivity contribution in [2.75, 3.05) is 5.75 Å². The summed E-state index contributed by atoms with van der Waals surface area (Å²) in [6, 6.07) is 0. The minimum absolute atomic E-state index is 0.00848. The number of esters is 1. The molecule has 0 aliphatic heterocycles. The summed E-state index contributed by atoms with van der Waals surface area (Å²) in [5.41, 5.74) is 0.525. The minimum atomic E-state index is -0.952. The van der Waals surface area contributed by atoms with E-state index in [1.165, 1.54) is 12.8 Å². The van der Waals surface area contributed by atoms with Crippen molar-refractivity contribution < 1.29 is 19.4 Å². The average Bonchev–Trinajstić information content (AvgIpc) is 2.78. The highest BCUT2D eigenvalue weighted by Crippen LogP contribution is 2.66. The third kappa shape index (κ3) is 4.20. The fourth-order valence-electron chi connectivity index (χ4n) is 3.68. The van der Waals surface area contributed by atoms with Gasteiger partial charge in [0.05, 0.1) is 5.92 Å². The monoisotopic (exact) mass is 341 g/mol. The summed E-state index contributed by atoms with van der Waals surface area (Å²) in [7, 11) is 0. The number of carboxylic acid groups (broad SMARTS) is 1. The van der Waals surface area contributed by atoms with E-state index in [1.54, 1.807) is 5.40 Å². The molecule has 6 heteroatoms. The van der Waals surface area contributed by atoms with Gasteiger partial charge in [-0.05, 0) is 42.4 Å². The fraction of sp³-hybridized carbons (Fsp3) is 0.824. The molecule has 1 unspecified atom stereocenters. The number of hydrogen-bond donors (Lipinski definition) is 1. The van der Waals surface area contributed by atoms with Crippen LogP contribution in [0.5, 0.6) is 0 Å². The topological polar surface area (TPSA) is 87.4 Å². The van der Waals surface area contributed by atoms with Crippen LogP contribution in [0.15, 0.2) is 0 Å². The maximum absolute atomic E-state index is 11.7. The number of fused-ring (bicyclic) bond motifs is 2. The molecule has 5 nitrogen and oxygen atoms in total. The van der Waals surface area contributed by atoms with Crippen LogP contribution < -0.4 is 0 Å². The van der Waals surface area contributed by atoms with Crippen molar-refractivity contribution in [1.29, 1.82) is 5.26 Å². The van der Waals surface area contributed by atoms with Gasteiger partial charge in [-0.3, -0.25) is 9.59 Å². The van der Waals surface area contributed by atoms with Gasteiger partial charge in [-0.2, -0.15) is 5.26 Å². The molecule has 2 rings (SSSR count). The number of rotatable bonds is 4. The molecule has 2 aliphatic carbocycles. The van der Waals surface area contributed by atoms with Gasteiger partial charge in [0.1, 0.15) is 17.3 Å². The largest absolute Gasteiger partial charge is 0.481 e. The maximum atomic E-state index is 11.7. The van der Waals surface area contributed by atoms with Gasteiger partial charge in [-0.1, -0.05) is 34.6 Å². The molecule has 1 N–H and O–H groups in total. The van der Waals surface area contributed by atoms with Gasteiger partial charge < -0.3 is 9.84 Å². The molecule has 0 aromatic rings. The Morgan fingerprint density at radius 1 is 1.39 bits per heavy atom. The number of carboxylic acids is 1. The number of nitrogens with zero attached hydrogens (tertiary/aromatic N) is 1. The van der Waals surface area contributed by atoms with Crippen molar-refractivity contribution >= 4 is 23.7 Å². The first-order chi connectivity index (χ1) is 10.6. The van der Waals surface area contributed by atoms with Crippen LogP contribution in [0.1, 0.15) is 53.9 Å². The smallest absolute Gasteiger partial charge is 0.314 e. The van der Waals surface area contributed by atoms with E-state index in [0.29, 0.717) is 5.41 Å². The third-order valence-electron chi connectivity index (χ3n) is 5.70. The summed E-state index contributed by atoms with van der Waals surface area (Å²) in [4.78, 5) is 21.3. The van der Waals surface area contributed by atoms with E-state index in [9.17, 15) is 9.59 Å². The van der Waals surface area contributed by atoms with Crippen LogP contribution in [0, 0.1) is 33.3 Å². The van der Waals surface area contributed by atoms with Gasteiger partial charge >= 0.3 is 11.9 Å². The molecule has 0 spiro atoms. The molecule has 23 heavy (non-hydrogen) atoms. The number of thioether (sulfide) groups is 1. The number of ether oxygens (including phenoxy) is 1. The lowest BCUT2D eigenvalue weighted by molar-refractivity contribution is -0.160. The maximum Gasteiger partial charge on any atom is 0.314 e. The van der Waals surface area contributed by atoms with Crippen molar-refractivity contribution in [3.8, 4) is 5.40 Å². The quantitative estimate of drug-likeness (QED) is 0.620. The average molecular weight is 341 g/mol. The van der Waals surface area contributed by atoms with E-state index in [-0.39, 0.29) is 29.2 Å². The van der Waals surface area contributed by atoms with Crippen molar-refractivity contribution in [2.24, 2.45) is 22.7 Å². The first kappa shape index (κ1) is 19.8. The van der Waals surface area contributed by atoms with Crippen LogP contribution in [-0.4, -0.2) is 28.9 Å². The molecule has 2 bridgehead atoms. The Labute approximate surface area is 142 Å². The predicted octanol–water partition coefficient (Wildman–Crippen LogP) is 3.69. The predicted molar refractivity (Wildman–Crippen MR) is 89.7 cm³/mol. The molecule has 0 heterocycles. The zero-order chi connectivity index (χ0) is 17.8. The summed E-state index contributed by atoms with van der Waals surface area (Å²) in [5.74, 6) is -0.384. The van der Waals surface area contributed by atoms with Gasteiger partial charge in [-0.15, -0.1) is 0 Å². The van der Waals surface area contributed by atoms with Gasteiger partial charge in [0, 0.05) is 5.41 Å². The standard InChI is InChI=1S/C14H24O2.C3H3NO2S/c1-9(2)12(15)16-11-8-10-6-7-14(11,5)13(10,3)4;4-2-7-1-3(5)6/h9-11H,6-8H2,1-5H3;1H2,(H,5,6)/t10-,11?,14-;/m1./s1. The molecule has 0 aromatic heterocycles. The van der Waals surface area contributed by atoms with E-state index in [1.807, 2.05) is 13.8 Å². The SMILES string of the molecule is CC(C)C(=O)OC1C[C@H]2CC[C@@]1(C)C2(C)C.N#CSCC(=O)O. The Morgan fingerprint density at radius 3 is 2.30 bits per heavy atom. The summed E-state index contributed by atoms with van der Waals surface area (Å²) in [6.07, 6.45) is 3.73. The van der Waals surface area contributed by atoms with Crippen molar-refractivity contribution in [1.82, 2.24) is 0 Å². The summed E-state index contributed by atoms with van der Waals surface area (Å²) >= 11 is 0.722. The lowest BCUT2D eigenvalue weighted by atomic mass is 9.70. The normalized spacial score (nSPS) is 30.3. The number of aliphatic carboxylic acids is 1. The molecule has 3 atom stereocenters. The molecule has 2 aliphatic rings. The minimum Gasteiger partial charge on any atom is -0.481 e. The van der Waals surface area contributed by atoms with Gasteiger partial charge in [0.2, 0.25) is 0 Å². The molecule has 0 aromatic carbocycles. The summed E-state index contributed by atoms with van der Waals surface area (Å²) in [5, 5.41) is 17.3. The number of carbonyl (C=O) groups excluding carboxylic acids is 1. The van der Waals surface area contributed by atoms with Crippen molar-refractivity contribution in [3.05, 3.63) is 0 Å². The second-order valence-corrected chi connectivity index (χ2v) is 8.22. The number of nitriles is 1. The van der Waals surface area contributed by atoms with Crippen LogP contribution >= 0.6 is 11.8 Å². The van der Waals surface area contributed by atoms with Crippen LogP contribution in [0.2, 0.25) is 0 Å². The first-order valence-electron chi connectivity index (χ1n) is 7.99. The Bertz CT molecular complexity index is 497. The van der Waals surface area contributed by atoms with Gasteiger partial charge in [0.25, 0.3) is 0 Å².